The molecule has 5 heteroatoms. The van der Waals surface area contributed by atoms with E-state index < -0.39 is 0 Å². The van der Waals surface area contributed by atoms with E-state index >= 15 is 0 Å². The van der Waals surface area contributed by atoms with E-state index in [1.165, 1.54) is 84.0 Å². The summed E-state index contributed by atoms with van der Waals surface area (Å²) >= 11 is 0. The number of imidazole rings is 1. The molecule has 7 aromatic carbocycles. The first-order valence-electron chi connectivity index (χ1n) is 28.4. The molecule has 0 saturated carbocycles. The van der Waals surface area contributed by atoms with Gasteiger partial charge in [0.2, 0.25) is 0 Å². The summed E-state index contributed by atoms with van der Waals surface area (Å²) in [6.07, 6.45) is 8.27. The van der Waals surface area contributed by atoms with Crippen LogP contribution in [0, 0.1) is 10.8 Å². The van der Waals surface area contributed by atoms with E-state index in [0.29, 0.717) is 0 Å². The van der Waals surface area contributed by atoms with Crippen molar-refractivity contribution in [3.63, 3.8) is 0 Å². The Bertz CT molecular complexity index is 3700. The van der Waals surface area contributed by atoms with Crippen LogP contribution in [0.2, 0.25) is 0 Å². The van der Waals surface area contributed by atoms with Crippen LogP contribution in [0.3, 0.4) is 0 Å². The molecule has 0 spiro atoms. The van der Waals surface area contributed by atoms with Crippen molar-refractivity contribution in [3.8, 4) is 67.2 Å². The molecule has 0 saturated heterocycles. The molecule has 2 aliphatic carbocycles. The average molecular weight is 1020 g/mol. The summed E-state index contributed by atoms with van der Waals surface area (Å²) in [5.74, 6) is 1.06. The van der Waals surface area contributed by atoms with Gasteiger partial charge in [-0.3, -0.25) is 4.98 Å². The largest absolute Gasteiger partial charge is 0.363 e. The number of pyridine rings is 1. The predicted octanol–water partition coefficient (Wildman–Crippen LogP) is 17.5. The maximum absolute atomic E-state index is 5.30. The zero-order chi connectivity index (χ0) is 54.1. The van der Waals surface area contributed by atoms with Gasteiger partial charge in [0.05, 0.1) is 11.4 Å². The van der Waals surface area contributed by atoms with Crippen LogP contribution in [0.15, 0.2) is 200 Å². The highest BCUT2D eigenvalue weighted by Gasteiger charge is 2.51. The summed E-state index contributed by atoms with van der Waals surface area (Å²) in [6.45, 7) is 19.0. The van der Waals surface area contributed by atoms with E-state index in [-0.39, 0.29) is 27.8 Å². The van der Waals surface area contributed by atoms with Gasteiger partial charge in [0.15, 0.2) is 0 Å². The van der Waals surface area contributed by atoms with Gasteiger partial charge in [-0.2, -0.15) is 0 Å². The molecule has 1 atom stereocenters. The van der Waals surface area contributed by atoms with Gasteiger partial charge in [0, 0.05) is 75.7 Å². The fraction of sp³-hybridized carbons (Fsp3) is 0.288. The third-order valence-electron chi connectivity index (χ3n) is 17.5. The summed E-state index contributed by atoms with van der Waals surface area (Å²) in [5, 5.41) is 3.96. The van der Waals surface area contributed by atoms with Crippen molar-refractivity contribution in [1.29, 1.82) is 0 Å². The molecule has 78 heavy (non-hydrogen) atoms. The molecule has 3 aliphatic rings. The number of hydrogen-bond acceptors (Lipinski definition) is 4. The lowest BCUT2D eigenvalue weighted by Gasteiger charge is -2.35. The Morgan fingerprint density at radius 3 is 1.59 bits per heavy atom. The van der Waals surface area contributed by atoms with Crippen LogP contribution in [0.5, 0.6) is 0 Å². The molecule has 0 fully saturated rings. The lowest BCUT2D eigenvalue weighted by atomic mass is 9.81. The van der Waals surface area contributed by atoms with E-state index in [2.05, 4.69) is 272 Å². The Hall–Kier alpha value is -7.76. The number of aromatic nitrogens is 3. The highest BCUT2D eigenvalue weighted by molar-refractivity contribution is 5.93. The second kappa shape index (κ2) is 19.6. The third-order valence-corrected chi connectivity index (χ3v) is 17.5. The first-order valence-corrected chi connectivity index (χ1v) is 28.4. The van der Waals surface area contributed by atoms with Gasteiger partial charge in [0.1, 0.15) is 12.0 Å². The predicted molar refractivity (Wildman–Crippen MR) is 325 cm³/mol. The smallest absolute Gasteiger partial charge is 0.140 e. The molecule has 5 nitrogen and oxygen atoms in total. The molecule has 12 rings (SSSR count). The number of rotatable bonds is 13. The maximum Gasteiger partial charge on any atom is 0.140 e. The van der Waals surface area contributed by atoms with Gasteiger partial charge in [-0.25, -0.2) is 4.98 Å². The minimum absolute atomic E-state index is 0.0617. The Morgan fingerprint density at radius 2 is 0.974 bits per heavy atom. The van der Waals surface area contributed by atoms with E-state index in [1.54, 1.807) is 0 Å². The Labute approximate surface area is 464 Å². The molecule has 0 amide bonds. The average Bonchev–Trinajstić information content (AvgIpc) is 4.26. The first kappa shape index (κ1) is 51.0. The van der Waals surface area contributed by atoms with Gasteiger partial charge in [-0.15, -0.1) is 0 Å². The number of allylic oxidation sites excluding steroid dienone is 2. The van der Waals surface area contributed by atoms with Crippen LogP contribution in [-0.4, -0.2) is 26.5 Å². The van der Waals surface area contributed by atoms with Crippen LogP contribution in [0.1, 0.15) is 114 Å². The molecule has 392 valence electrons. The molecule has 9 aromatic rings. The Kier molecular flexibility index (Phi) is 12.8. The molecule has 3 heterocycles. The third kappa shape index (κ3) is 9.50. The molecule has 1 N–H and O–H groups in total. The number of benzene rings is 7. The second-order valence-corrected chi connectivity index (χ2v) is 25.4. The Balaban J connectivity index is 0.870. The zero-order valence-corrected chi connectivity index (χ0v) is 47.5. The molecular formula is C73H75N5. The van der Waals surface area contributed by atoms with Gasteiger partial charge in [-0.1, -0.05) is 231 Å². The van der Waals surface area contributed by atoms with Crippen LogP contribution in [0.25, 0.3) is 67.2 Å². The lowest BCUT2D eigenvalue weighted by Crippen LogP contribution is -2.34. The number of fused-ring (bicyclic) bond motifs is 1. The summed E-state index contributed by atoms with van der Waals surface area (Å²) in [7, 11) is 4.47. The number of aryl methyl sites for hydroxylation is 4. The van der Waals surface area contributed by atoms with E-state index in [1.807, 2.05) is 0 Å². The van der Waals surface area contributed by atoms with E-state index in [9.17, 15) is 0 Å². The number of nitrogens with zero attached hydrogens (tertiary/aromatic N) is 4. The standard InChI is InChI=1S/C73H75N5/c1-70(2)46-72(5,6)66-64(70)75-68(77(66)9)56-33-29-48(30-34-56)25-27-50-41-51(28-26-49-31-35-57(36-32-49)69-76-65-67(78(69)10)73(7,8)47-71(65,3)4)43-58(42-50)59-23-17-18-24-60(59)62-45-74-63(55-21-15-12-16-22-55)44-61(62)54-39-37-53(38-40-54)52-19-13-11-14-20-52/h11-24,29-45,68,75H,25-28,46-47H2,1-10H3. The highest BCUT2D eigenvalue weighted by atomic mass is 15.3. The normalized spacial score (nSPS) is 17.5. The van der Waals surface area contributed by atoms with Crippen molar-refractivity contribution in [2.75, 3.05) is 7.05 Å². The minimum atomic E-state index is 0.0617. The maximum atomic E-state index is 5.30. The summed E-state index contributed by atoms with van der Waals surface area (Å²) in [6, 6.07) is 67.4. The summed E-state index contributed by atoms with van der Waals surface area (Å²) < 4.78 is 2.35. The van der Waals surface area contributed by atoms with Crippen LogP contribution in [0.4, 0.5) is 0 Å². The fourth-order valence-corrected chi connectivity index (χ4v) is 14.4. The van der Waals surface area contributed by atoms with Crippen molar-refractivity contribution in [1.82, 2.24) is 24.8 Å². The van der Waals surface area contributed by atoms with Crippen molar-refractivity contribution >= 4 is 0 Å². The lowest BCUT2D eigenvalue weighted by molar-refractivity contribution is 0.202. The van der Waals surface area contributed by atoms with Crippen LogP contribution < -0.4 is 5.32 Å². The first-order chi connectivity index (χ1) is 37.4. The van der Waals surface area contributed by atoms with Crippen molar-refractivity contribution < 1.29 is 0 Å². The van der Waals surface area contributed by atoms with Gasteiger partial charge >= 0.3 is 0 Å². The molecule has 1 unspecified atom stereocenters. The topological polar surface area (TPSA) is 46.0 Å². The molecule has 0 radical (unpaired) electrons. The van der Waals surface area contributed by atoms with Gasteiger partial charge in [0.25, 0.3) is 0 Å². The summed E-state index contributed by atoms with van der Waals surface area (Å²) in [5.41, 5.74) is 25.3. The molecule has 1 aliphatic heterocycles. The highest BCUT2D eigenvalue weighted by Crippen LogP contribution is 2.57. The SMILES string of the molecule is CN1C2=C(NC1c1ccc(CCc3cc(CCc4ccc(-c5nc6c(n5C)C(C)(C)CC6(C)C)cc4)cc(-c4ccccc4-c4cnc(-c5ccccc5)cc4-c4ccc(-c5ccccc5)cc4)c3)cc1)C(C)(C)CC2(C)C. The van der Waals surface area contributed by atoms with Gasteiger partial charge < -0.3 is 14.8 Å². The number of nitrogens with one attached hydrogen (secondary N) is 1. The van der Waals surface area contributed by atoms with Crippen LogP contribution >= 0.6 is 0 Å². The molecule has 0 bridgehead atoms. The van der Waals surface area contributed by atoms with E-state index in [4.69, 9.17) is 9.97 Å². The quantitative estimate of drug-likeness (QED) is 0.125. The van der Waals surface area contributed by atoms with Crippen molar-refractivity contribution in [2.45, 2.75) is 111 Å². The summed E-state index contributed by atoms with van der Waals surface area (Å²) in [4.78, 5) is 13.0. The fourth-order valence-electron chi connectivity index (χ4n) is 14.4. The Morgan fingerprint density at radius 1 is 0.449 bits per heavy atom. The second-order valence-electron chi connectivity index (χ2n) is 25.4. The number of hydrogen-bond donors (Lipinski definition) is 1. The monoisotopic (exact) mass is 1020 g/mol. The van der Waals surface area contributed by atoms with Crippen molar-refractivity contribution in [2.24, 2.45) is 17.9 Å². The zero-order valence-electron chi connectivity index (χ0n) is 47.5. The van der Waals surface area contributed by atoms with Gasteiger partial charge in [-0.05, 0) is 111 Å². The van der Waals surface area contributed by atoms with E-state index in [0.717, 1.165) is 72.3 Å². The van der Waals surface area contributed by atoms with Crippen LogP contribution in [-0.2, 0) is 43.6 Å². The molecule has 2 aromatic heterocycles. The molecular weight excluding hydrogens is 947 g/mol. The van der Waals surface area contributed by atoms with Crippen molar-refractivity contribution in [3.05, 3.63) is 239 Å². The minimum Gasteiger partial charge on any atom is -0.363 e.